The maximum Gasteiger partial charge on any atom is 0.00895 e. The second kappa shape index (κ2) is 2.87. The Bertz CT molecular complexity index is 304. The van der Waals surface area contributed by atoms with Gasteiger partial charge in [0.25, 0.3) is 0 Å². The van der Waals surface area contributed by atoms with E-state index < -0.39 is 0 Å². The second-order valence-electron chi connectivity index (χ2n) is 4.35. The van der Waals surface area contributed by atoms with Gasteiger partial charge in [0.1, 0.15) is 0 Å². The summed E-state index contributed by atoms with van der Waals surface area (Å²) in [5, 5.41) is 0. The molecular weight excluding hydrogens is 156 g/mol. The molecule has 0 fully saturated rings. The topological polar surface area (TPSA) is 0 Å². The van der Waals surface area contributed by atoms with Crippen LogP contribution in [0.2, 0.25) is 0 Å². The highest BCUT2D eigenvalue weighted by Gasteiger charge is 2.31. The summed E-state index contributed by atoms with van der Waals surface area (Å²) in [4.78, 5) is 0. The summed E-state index contributed by atoms with van der Waals surface area (Å²) in [6, 6.07) is 0. The molecule has 3 aliphatic carbocycles. The van der Waals surface area contributed by atoms with E-state index in [0.29, 0.717) is 0 Å². The van der Waals surface area contributed by atoms with Gasteiger partial charge in [-0.05, 0) is 43.1 Å². The van der Waals surface area contributed by atoms with Gasteiger partial charge in [-0.15, -0.1) is 0 Å². The maximum absolute atomic E-state index is 2.37. The van der Waals surface area contributed by atoms with Gasteiger partial charge in [0, 0.05) is 6.42 Å². The van der Waals surface area contributed by atoms with Crippen LogP contribution in [0.5, 0.6) is 0 Å². The van der Waals surface area contributed by atoms with E-state index in [1.54, 1.807) is 11.1 Å². The van der Waals surface area contributed by atoms with Gasteiger partial charge in [-0.1, -0.05) is 29.9 Å². The Morgan fingerprint density at radius 1 is 1.15 bits per heavy atom. The van der Waals surface area contributed by atoms with Crippen LogP contribution >= 0.6 is 0 Å². The molecule has 3 aliphatic rings. The van der Waals surface area contributed by atoms with Gasteiger partial charge in [0.15, 0.2) is 0 Å². The molecule has 0 nitrogen and oxygen atoms in total. The van der Waals surface area contributed by atoms with E-state index in [9.17, 15) is 0 Å². The quantitative estimate of drug-likeness (QED) is 0.490. The lowest BCUT2D eigenvalue weighted by atomic mass is 9.70. The normalized spacial score (nSPS) is 36.3. The Morgan fingerprint density at radius 2 is 2.08 bits per heavy atom. The lowest BCUT2D eigenvalue weighted by Crippen LogP contribution is -2.22. The zero-order valence-electron chi connectivity index (χ0n) is 7.87. The van der Waals surface area contributed by atoms with E-state index in [0.717, 1.165) is 11.8 Å². The number of fused-ring (bicyclic) bond motifs is 2. The van der Waals surface area contributed by atoms with Gasteiger partial charge < -0.3 is 0 Å². The van der Waals surface area contributed by atoms with Gasteiger partial charge in [0.05, 0.1) is 0 Å². The molecule has 0 bridgehead atoms. The van der Waals surface area contributed by atoms with Crippen molar-refractivity contribution in [3.63, 3.8) is 0 Å². The van der Waals surface area contributed by atoms with Crippen molar-refractivity contribution < 1.29 is 0 Å². The van der Waals surface area contributed by atoms with Crippen LogP contribution in [0.25, 0.3) is 0 Å². The Hall–Kier alpha value is -0.780. The summed E-state index contributed by atoms with van der Waals surface area (Å²) < 4.78 is 0. The number of hydrogen-bond donors (Lipinski definition) is 0. The second-order valence-corrected chi connectivity index (χ2v) is 4.35. The minimum atomic E-state index is 0.851. The van der Waals surface area contributed by atoms with Gasteiger partial charge >= 0.3 is 0 Å². The van der Waals surface area contributed by atoms with Crippen molar-refractivity contribution in [3.05, 3.63) is 41.9 Å². The molecule has 0 aromatic rings. The lowest BCUT2D eigenvalue weighted by Gasteiger charge is -2.34. The summed E-state index contributed by atoms with van der Waals surface area (Å²) in [5.41, 5.74) is 3.28. The third-order valence-electron chi connectivity index (χ3n) is 3.69. The average Bonchev–Trinajstić information content (AvgIpc) is 2.65. The van der Waals surface area contributed by atoms with Crippen molar-refractivity contribution in [2.45, 2.75) is 25.7 Å². The van der Waals surface area contributed by atoms with Crippen molar-refractivity contribution in [1.82, 2.24) is 0 Å². The van der Waals surface area contributed by atoms with E-state index in [4.69, 9.17) is 0 Å². The van der Waals surface area contributed by atoms with Crippen LogP contribution in [0.3, 0.4) is 0 Å². The molecule has 0 saturated heterocycles. The fourth-order valence-electron chi connectivity index (χ4n) is 2.97. The zero-order chi connectivity index (χ0) is 8.67. The minimum Gasteiger partial charge on any atom is -0.0882 e. The van der Waals surface area contributed by atoms with E-state index in [2.05, 4.69) is 30.7 Å². The monoisotopic (exact) mass is 171 g/mol. The highest BCUT2D eigenvalue weighted by Crippen LogP contribution is 2.44. The first-order chi connectivity index (χ1) is 6.45. The van der Waals surface area contributed by atoms with Crippen LogP contribution < -0.4 is 0 Å². The third-order valence-corrected chi connectivity index (χ3v) is 3.69. The molecule has 67 valence electrons. The van der Waals surface area contributed by atoms with Gasteiger partial charge in [-0.2, -0.15) is 0 Å². The number of allylic oxidation sites excluding steroid dienone is 6. The fraction of sp³-hybridized carbons (Fsp3) is 0.462. The summed E-state index contributed by atoms with van der Waals surface area (Å²) in [5.74, 6) is 1.80. The van der Waals surface area contributed by atoms with Crippen molar-refractivity contribution in [3.8, 4) is 0 Å². The van der Waals surface area contributed by atoms with E-state index in [1.165, 1.54) is 25.7 Å². The van der Waals surface area contributed by atoms with Gasteiger partial charge in [-0.3, -0.25) is 0 Å². The smallest absolute Gasteiger partial charge is 0.00895 e. The van der Waals surface area contributed by atoms with Crippen LogP contribution in [0, 0.1) is 18.3 Å². The molecule has 1 radical (unpaired) electrons. The largest absolute Gasteiger partial charge is 0.0882 e. The molecule has 0 heteroatoms. The Kier molecular flexibility index (Phi) is 1.68. The summed E-state index contributed by atoms with van der Waals surface area (Å²) in [6.45, 7) is 0. The Labute approximate surface area is 80.0 Å². The minimum absolute atomic E-state index is 0.851. The summed E-state index contributed by atoms with van der Waals surface area (Å²) in [7, 11) is 0. The molecule has 13 heavy (non-hydrogen) atoms. The molecule has 0 amide bonds. The first-order valence-corrected chi connectivity index (χ1v) is 5.34. The SMILES string of the molecule is [CH]1C=CC2=C1C1CC=CCC1CC2. The van der Waals surface area contributed by atoms with E-state index >= 15 is 0 Å². The van der Waals surface area contributed by atoms with E-state index in [-0.39, 0.29) is 0 Å². The van der Waals surface area contributed by atoms with Gasteiger partial charge in [-0.25, -0.2) is 0 Å². The molecule has 0 spiro atoms. The molecule has 3 rings (SSSR count). The molecule has 2 unspecified atom stereocenters. The third kappa shape index (κ3) is 1.12. The molecular formula is C13H15. The first-order valence-electron chi connectivity index (χ1n) is 5.34. The number of hydrogen-bond acceptors (Lipinski definition) is 0. The molecule has 0 aromatic heterocycles. The summed E-state index contributed by atoms with van der Waals surface area (Å²) in [6.07, 6.45) is 16.9. The molecule has 0 heterocycles. The Morgan fingerprint density at radius 3 is 3.08 bits per heavy atom. The summed E-state index contributed by atoms with van der Waals surface area (Å²) >= 11 is 0. The van der Waals surface area contributed by atoms with Crippen LogP contribution in [-0.4, -0.2) is 0 Å². The van der Waals surface area contributed by atoms with Crippen LogP contribution in [-0.2, 0) is 0 Å². The number of rotatable bonds is 0. The predicted octanol–water partition coefficient (Wildman–Crippen LogP) is 3.43. The van der Waals surface area contributed by atoms with Crippen molar-refractivity contribution in [2.75, 3.05) is 0 Å². The average molecular weight is 171 g/mol. The highest BCUT2D eigenvalue weighted by atomic mass is 14.4. The maximum atomic E-state index is 2.37. The fourth-order valence-corrected chi connectivity index (χ4v) is 2.97. The van der Waals surface area contributed by atoms with Crippen molar-refractivity contribution in [2.24, 2.45) is 11.8 Å². The van der Waals surface area contributed by atoms with E-state index in [1.807, 2.05) is 0 Å². The molecule has 2 atom stereocenters. The van der Waals surface area contributed by atoms with Crippen LogP contribution in [0.1, 0.15) is 25.7 Å². The molecule has 0 aromatic carbocycles. The highest BCUT2D eigenvalue weighted by molar-refractivity contribution is 5.45. The lowest BCUT2D eigenvalue weighted by molar-refractivity contribution is 0.330. The zero-order valence-corrected chi connectivity index (χ0v) is 7.87. The molecule has 0 saturated carbocycles. The first kappa shape index (κ1) is 7.61. The standard InChI is InChI=1S/C13H15/c1-2-6-12-10(4-1)8-9-11-5-3-7-13(11)12/h1-3,5,7,10,12H,4,6,8-9H2. The van der Waals surface area contributed by atoms with Crippen LogP contribution in [0.15, 0.2) is 35.5 Å². The van der Waals surface area contributed by atoms with Crippen LogP contribution in [0.4, 0.5) is 0 Å². The van der Waals surface area contributed by atoms with Crippen molar-refractivity contribution in [1.29, 1.82) is 0 Å². The van der Waals surface area contributed by atoms with Crippen molar-refractivity contribution >= 4 is 0 Å². The Balaban J connectivity index is 1.94. The van der Waals surface area contributed by atoms with Gasteiger partial charge in [0.2, 0.25) is 0 Å². The molecule has 0 N–H and O–H groups in total. The predicted molar refractivity (Wildman–Crippen MR) is 55.1 cm³/mol. The molecule has 0 aliphatic heterocycles.